The van der Waals surface area contributed by atoms with Crippen LogP contribution in [0.3, 0.4) is 0 Å². The maximum atomic E-state index is 9.76. The molecular weight excluding hydrogens is 267 g/mol. The summed E-state index contributed by atoms with van der Waals surface area (Å²) < 4.78 is 11.9. The van der Waals surface area contributed by atoms with Crippen molar-refractivity contribution < 1.29 is 19.5 Å². The first-order valence-corrected chi connectivity index (χ1v) is 7.13. The number of rotatable bonds is 3. The van der Waals surface area contributed by atoms with Crippen LogP contribution in [0.15, 0.2) is 23.7 Å². The van der Waals surface area contributed by atoms with Crippen LogP contribution in [0.5, 0.6) is 5.75 Å². The first-order valence-electron chi connectivity index (χ1n) is 7.13. The molecule has 4 nitrogen and oxygen atoms in total. The highest BCUT2D eigenvalue weighted by atomic mass is 16.7. The van der Waals surface area contributed by atoms with E-state index >= 15 is 0 Å². The summed E-state index contributed by atoms with van der Waals surface area (Å²) in [5, 5.41) is 19.4. The van der Waals surface area contributed by atoms with Gasteiger partial charge in [0.15, 0.2) is 0 Å². The molecule has 1 aliphatic rings. The largest absolute Gasteiger partial charge is 0.508 e. The molecule has 0 bridgehead atoms. The lowest BCUT2D eigenvalue weighted by molar-refractivity contribution is 0.00578. The molecule has 1 aromatic rings. The van der Waals surface area contributed by atoms with Crippen LogP contribution in [-0.2, 0) is 9.31 Å². The number of aliphatic hydroxyl groups excluding tert-OH is 1. The van der Waals surface area contributed by atoms with Gasteiger partial charge in [0.1, 0.15) is 5.75 Å². The van der Waals surface area contributed by atoms with Gasteiger partial charge in [0.25, 0.3) is 0 Å². The van der Waals surface area contributed by atoms with Crippen molar-refractivity contribution in [2.75, 3.05) is 6.61 Å². The average molecular weight is 290 g/mol. The Morgan fingerprint density at radius 3 is 2.24 bits per heavy atom. The van der Waals surface area contributed by atoms with Crippen LogP contribution in [0, 0.1) is 6.92 Å². The second-order valence-electron chi connectivity index (χ2n) is 6.51. The van der Waals surface area contributed by atoms with Gasteiger partial charge in [0, 0.05) is 0 Å². The van der Waals surface area contributed by atoms with Crippen molar-refractivity contribution >= 4 is 13.2 Å². The first kappa shape index (κ1) is 16.1. The highest BCUT2D eigenvalue weighted by Gasteiger charge is 2.52. The standard InChI is InChI=1S/C16H23BO4/c1-11-6-7-12(9-14(11)19)8-13(10-18)17-20-15(2,3)16(4,5)21-17/h6-9,18-19H,10H2,1-5H3. The lowest BCUT2D eigenvalue weighted by Gasteiger charge is -2.32. The second kappa shape index (κ2) is 5.48. The van der Waals surface area contributed by atoms with Gasteiger partial charge in [0.2, 0.25) is 0 Å². The van der Waals surface area contributed by atoms with E-state index in [0.29, 0.717) is 5.47 Å². The Morgan fingerprint density at radius 1 is 1.19 bits per heavy atom. The van der Waals surface area contributed by atoms with E-state index in [-0.39, 0.29) is 12.4 Å². The minimum absolute atomic E-state index is 0.161. The summed E-state index contributed by atoms with van der Waals surface area (Å²) in [6.07, 6.45) is 1.79. The van der Waals surface area contributed by atoms with E-state index in [2.05, 4.69) is 0 Å². The number of aliphatic hydroxyl groups is 1. The Labute approximate surface area is 126 Å². The number of aryl methyl sites for hydroxylation is 1. The number of phenolic OH excluding ortho intramolecular Hbond substituents is 1. The Kier molecular flexibility index (Phi) is 4.20. The third-order valence-corrected chi connectivity index (χ3v) is 4.32. The van der Waals surface area contributed by atoms with E-state index in [0.717, 1.165) is 11.1 Å². The summed E-state index contributed by atoms with van der Waals surface area (Å²) in [6.45, 7) is 9.56. The molecule has 0 radical (unpaired) electrons. The predicted molar refractivity (Wildman–Crippen MR) is 84.0 cm³/mol. The van der Waals surface area contributed by atoms with Crippen LogP contribution in [0.2, 0.25) is 0 Å². The molecule has 1 aromatic carbocycles. The van der Waals surface area contributed by atoms with Gasteiger partial charge in [-0.15, -0.1) is 0 Å². The van der Waals surface area contributed by atoms with Crippen molar-refractivity contribution in [1.82, 2.24) is 0 Å². The number of aromatic hydroxyl groups is 1. The molecule has 5 heteroatoms. The molecule has 1 heterocycles. The topological polar surface area (TPSA) is 58.9 Å². The second-order valence-corrected chi connectivity index (χ2v) is 6.51. The molecule has 1 fully saturated rings. The van der Waals surface area contributed by atoms with Gasteiger partial charge < -0.3 is 19.5 Å². The summed E-state index contributed by atoms with van der Waals surface area (Å²) in [5.74, 6) is 0.231. The monoisotopic (exact) mass is 290 g/mol. The molecule has 2 N–H and O–H groups in total. The lowest BCUT2D eigenvalue weighted by Crippen LogP contribution is -2.41. The molecule has 0 unspecified atom stereocenters. The zero-order chi connectivity index (χ0) is 15.8. The van der Waals surface area contributed by atoms with Gasteiger partial charge in [-0.05, 0) is 57.3 Å². The smallest absolute Gasteiger partial charge is 0.492 e. The maximum Gasteiger partial charge on any atom is 0.492 e. The molecule has 21 heavy (non-hydrogen) atoms. The van der Waals surface area contributed by atoms with Crippen molar-refractivity contribution in [3.05, 3.63) is 34.8 Å². The number of hydrogen-bond donors (Lipinski definition) is 2. The SMILES string of the molecule is Cc1ccc(C=C(CO)B2OC(C)(C)C(C)(C)O2)cc1O. The summed E-state index contributed by atoms with van der Waals surface area (Å²) in [5.41, 5.74) is 1.37. The fourth-order valence-electron chi connectivity index (χ4n) is 2.11. The number of hydrogen-bond acceptors (Lipinski definition) is 4. The summed E-state index contributed by atoms with van der Waals surface area (Å²) in [4.78, 5) is 0. The Balaban J connectivity index is 2.28. The fraction of sp³-hybridized carbons (Fsp3) is 0.500. The van der Waals surface area contributed by atoms with Crippen molar-refractivity contribution in [3.8, 4) is 5.75 Å². The lowest BCUT2D eigenvalue weighted by atomic mass is 9.77. The Bertz CT molecular complexity index is 547. The van der Waals surface area contributed by atoms with E-state index in [1.54, 1.807) is 12.1 Å². The molecular formula is C16H23BO4. The first-order chi connectivity index (χ1) is 9.66. The van der Waals surface area contributed by atoms with Crippen molar-refractivity contribution in [2.45, 2.75) is 45.8 Å². The molecule has 2 rings (SSSR count). The van der Waals surface area contributed by atoms with Crippen molar-refractivity contribution in [3.63, 3.8) is 0 Å². The summed E-state index contributed by atoms with van der Waals surface area (Å²) >= 11 is 0. The molecule has 1 saturated heterocycles. The molecule has 0 spiro atoms. The van der Waals surface area contributed by atoms with Gasteiger partial charge in [-0.2, -0.15) is 0 Å². The molecule has 114 valence electrons. The van der Waals surface area contributed by atoms with Crippen LogP contribution in [0.1, 0.15) is 38.8 Å². The third kappa shape index (κ3) is 3.15. The van der Waals surface area contributed by atoms with Crippen LogP contribution in [0.4, 0.5) is 0 Å². The Hall–Kier alpha value is -1.30. The van der Waals surface area contributed by atoms with Gasteiger partial charge in [0.05, 0.1) is 17.8 Å². The van der Waals surface area contributed by atoms with E-state index in [1.807, 2.05) is 46.8 Å². The van der Waals surface area contributed by atoms with Crippen molar-refractivity contribution in [2.24, 2.45) is 0 Å². The van der Waals surface area contributed by atoms with Crippen LogP contribution in [0.25, 0.3) is 6.08 Å². The predicted octanol–water partition coefficient (Wildman–Crippen LogP) is 2.71. The van der Waals surface area contributed by atoms with Gasteiger partial charge in [-0.3, -0.25) is 0 Å². The summed E-state index contributed by atoms with van der Waals surface area (Å²) in [7, 11) is -0.580. The van der Waals surface area contributed by atoms with Gasteiger partial charge in [-0.1, -0.05) is 18.2 Å². The zero-order valence-corrected chi connectivity index (χ0v) is 13.3. The minimum atomic E-state index is -0.580. The third-order valence-electron chi connectivity index (χ3n) is 4.32. The van der Waals surface area contributed by atoms with E-state index in [1.165, 1.54) is 0 Å². The Morgan fingerprint density at radius 2 is 1.76 bits per heavy atom. The summed E-state index contributed by atoms with van der Waals surface area (Å²) in [6, 6.07) is 5.38. The fourth-order valence-corrected chi connectivity index (χ4v) is 2.11. The zero-order valence-electron chi connectivity index (χ0n) is 13.3. The molecule has 0 aromatic heterocycles. The quantitative estimate of drug-likeness (QED) is 0.840. The van der Waals surface area contributed by atoms with E-state index < -0.39 is 18.3 Å². The van der Waals surface area contributed by atoms with Gasteiger partial charge >= 0.3 is 7.12 Å². The van der Waals surface area contributed by atoms with Crippen molar-refractivity contribution in [1.29, 1.82) is 0 Å². The van der Waals surface area contributed by atoms with E-state index in [9.17, 15) is 10.2 Å². The number of benzene rings is 1. The molecule has 0 amide bonds. The highest BCUT2D eigenvalue weighted by molar-refractivity contribution is 6.55. The molecule has 0 aliphatic carbocycles. The van der Waals surface area contributed by atoms with Crippen LogP contribution in [-0.4, -0.2) is 35.1 Å². The minimum Gasteiger partial charge on any atom is -0.508 e. The van der Waals surface area contributed by atoms with Gasteiger partial charge in [-0.25, -0.2) is 0 Å². The number of phenols is 1. The highest BCUT2D eigenvalue weighted by Crippen LogP contribution is 2.38. The molecule has 0 saturated carbocycles. The molecule has 0 atom stereocenters. The van der Waals surface area contributed by atoms with E-state index in [4.69, 9.17) is 9.31 Å². The maximum absolute atomic E-state index is 9.76. The molecule has 1 aliphatic heterocycles. The van der Waals surface area contributed by atoms with Crippen LogP contribution >= 0.6 is 0 Å². The normalized spacial score (nSPS) is 20.9. The van der Waals surface area contributed by atoms with Crippen LogP contribution < -0.4 is 0 Å². The average Bonchev–Trinajstić information content (AvgIpc) is 2.59.